The highest BCUT2D eigenvalue weighted by molar-refractivity contribution is 9.10. The lowest BCUT2D eigenvalue weighted by atomic mass is 9.94. The van der Waals surface area contributed by atoms with E-state index in [4.69, 9.17) is 9.15 Å². The maximum Gasteiger partial charge on any atom is 0.200 e. The molecule has 2 heterocycles. The van der Waals surface area contributed by atoms with E-state index < -0.39 is 11.2 Å². The van der Waals surface area contributed by atoms with Crippen LogP contribution in [0.25, 0.3) is 28.4 Å². The molecule has 1 aliphatic heterocycles. The molecule has 6 heteroatoms. The first-order valence-electron chi connectivity index (χ1n) is 10.2. The summed E-state index contributed by atoms with van der Waals surface area (Å²) >= 11 is 3.54. The molecule has 5 nitrogen and oxygen atoms in total. The molecule has 0 saturated carbocycles. The molecule has 0 radical (unpaired) electrons. The largest absolute Gasteiger partial charge is 0.506 e. The molecule has 0 amide bonds. The predicted octanol–water partition coefficient (Wildman–Crippen LogP) is 5.82. The van der Waals surface area contributed by atoms with Crippen LogP contribution >= 0.6 is 15.9 Å². The minimum Gasteiger partial charge on any atom is -0.506 e. The summed E-state index contributed by atoms with van der Waals surface area (Å²) in [7, 11) is 0. The molecule has 0 aliphatic carbocycles. The molecule has 0 saturated heterocycles. The highest BCUT2D eigenvalue weighted by Gasteiger charge is 2.28. The van der Waals surface area contributed by atoms with Crippen LogP contribution < -0.4 is 10.2 Å². The van der Waals surface area contributed by atoms with Crippen LogP contribution in [0.1, 0.15) is 45.2 Å². The average Bonchev–Trinajstić information content (AvgIpc) is 2.65. The Morgan fingerprint density at radius 2 is 1.90 bits per heavy atom. The Labute approximate surface area is 189 Å². The van der Waals surface area contributed by atoms with E-state index in [1.165, 1.54) is 0 Å². The van der Waals surface area contributed by atoms with E-state index >= 15 is 0 Å². The van der Waals surface area contributed by atoms with Gasteiger partial charge in [0.25, 0.3) is 0 Å². The van der Waals surface area contributed by atoms with Gasteiger partial charge in [-0.3, -0.25) is 4.79 Å². The molecular formula is C25H25BrO5. The van der Waals surface area contributed by atoms with E-state index in [9.17, 15) is 15.0 Å². The van der Waals surface area contributed by atoms with Crippen LogP contribution in [0, 0.1) is 0 Å². The van der Waals surface area contributed by atoms with Gasteiger partial charge in [-0.25, -0.2) is 0 Å². The quantitative estimate of drug-likeness (QED) is 0.487. The molecule has 0 atom stereocenters. The molecule has 2 N–H and O–H groups in total. The summed E-state index contributed by atoms with van der Waals surface area (Å²) in [5.41, 5.74) is 0.0577. The number of hydrogen-bond donors (Lipinski definition) is 2. The average molecular weight is 485 g/mol. The van der Waals surface area contributed by atoms with Gasteiger partial charge < -0.3 is 19.4 Å². The second kappa shape index (κ2) is 7.53. The number of phenols is 1. The van der Waals surface area contributed by atoms with Crippen LogP contribution in [0.3, 0.4) is 0 Å². The van der Waals surface area contributed by atoms with Gasteiger partial charge in [-0.05, 0) is 58.8 Å². The van der Waals surface area contributed by atoms with Crippen molar-refractivity contribution >= 4 is 33.0 Å². The van der Waals surface area contributed by atoms with Crippen molar-refractivity contribution in [2.45, 2.75) is 51.7 Å². The number of aliphatic hydroxyl groups is 1. The van der Waals surface area contributed by atoms with E-state index in [-0.39, 0.29) is 22.1 Å². The molecule has 2 aromatic carbocycles. The highest BCUT2D eigenvalue weighted by atomic mass is 79.9. The molecule has 0 fully saturated rings. The van der Waals surface area contributed by atoms with Crippen molar-refractivity contribution in [2.24, 2.45) is 0 Å². The van der Waals surface area contributed by atoms with E-state index in [0.717, 1.165) is 10.0 Å². The minimum atomic E-state index is -0.952. The fraction of sp³-hybridized carbons (Fsp3) is 0.320. The first kappa shape index (κ1) is 21.7. The van der Waals surface area contributed by atoms with Gasteiger partial charge in [-0.15, -0.1) is 0 Å². The monoisotopic (exact) mass is 484 g/mol. The van der Waals surface area contributed by atoms with Gasteiger partial charge in [-0.1, -0.05) is 34.1 Å². The Morgan fingerprint density at radius 3 is 2.58 bits per heavy atom. The van der Waals surface area contributed by atoms with Crippen molar-refractivity contribution < 1.29 is 19.4 Å². The van der Waals surface area contributed by atoms with Crippen molar-refractivity contribution in [3.63, 3.8) is 0 Å². The standard InChI is InChI=1S/C25H25BrO5/c1-24(2,29)11-9-16-22(28)20-19(30-23(16)14-7-5-6-8-17(14)26)13-18-15(21(20)27)10-12-25(3,4)31-18/h5-8,10,12-13,27,29H,9,11H2,1-4H3. The Bertz CT molecular complexity index is 1260. The fourth-order valence-electron chi connectivity index (χ4n) is 3.73. The lowest BCUT2D eigenvalue weighted by Gasteiger charge is -2.28. The Kier molecular flexibility index (Phi) is 5.26. The molecule has 0 unspecified atom stereocenters. The normalized spacial score (nSPS) is 15.0. The summed E-state index contributed by atoms with van der Waals surface area (Å²) in [6, 6.07) is 9.15. The van der Waals surface area contributed by atoms with E-state index in [1.807, 2.05) is 44.2 Å². The number of fused-ring (bicyclic) bond motifs is 2. The van der Waals surface area contributed by atoms with Crippen LogP contribution in [0.15, 0.2) is 50.1 Å². The number of hydrogen-bond acceptors (Lipinski definition) is 5. The number of benzene rings is 2. The number of halogens is 1. The van der Waals surface area contributed by atoms with Gasteiger partial charge >= 0.3 is 0 Å². The number of ether oxygens (including phenoxy) is 1. The zero-order valence-electron chi connectivity index (χ0n) is 18.0. The van der Waals surface area contributed by atoms with Gasteiger partial charge in [0.05, 0.1) is 11.2 Å². The maximum atomic E-state index is 13.6. The lowest BCUT2D eigenvalue weighted by Crippen LogP contribution is -2.27. The Balaban J connectivity index is 2.02. The molecular weight excluding hydrogens is 460 g/mol. The van der Waals surface area contributed by atoms with Crippen LogP contribution in [0.2, 0.25) is 0 Å². The van der Waals surface area contributed by atoms with Crippen LogP contribution in [0.5, 0.6) is 11.5 Å². The molecule has 162 valence electrons. The van der Waals surface area contributed by atoms with Gasteiger partial charge in [0, 0.05) is 21.7 Å². The van der Waals surface area contributed by atoms with E-state index in [1.54, 1.807) is 26.0 Å². The highest BCUT2D eigenvalue weighted by Crippen LogP contribution is 2.42. The Morgan fingerprint density at radius 1 is 1.19 bits per heavy atom. The lowest BCUT2D eigenvalue weighted by molar-refractivity contribution is 0.0713. The van der Waals surface area contributed by atoms with Gasteiger partial charge in [0.15, 0.2) is 5.43 Å². The smallest absolute Gasteiger partial charge is 0.200 e. The zero-order valence-corrected chi connectivity index (χ0v) is 19.5. The second-order valence-electron chi connectivity index (χ2n) is 9.08. The molecule has 3 aromatic rings. The van der Waals surface area contributed by atoms with Crippen molar-refractivity contribution in [3.05, 3.63) is 62.2 Å². The summed E-state index contributed by atoms with van der Waals surface area (Å²) in [5.74, 6) is 0.721. The first-order chi connectivity index (χ1) is 14.5. The topological polar surface area (TPSA) is 79.9 Å². The third-order valence-electron chi connectivity index (χ3n) is 5.38. The number of rotatable bonds is 4. The minimum absolute atomic E-state index is 0.119. The molecule has 0 bridgehead atoms. The van der Waals surface area contributed by atoms with Crippen LogP contribution in [0.4, 0.5) is 0 Å². The van der Waals surface area contributed by atoms with Gasteiger partial charge in [0.1, 0.15) is 33.8 Å². The van der Waals surface area contributed by atoms with Crippen LogP contribution in [-0.4, -0.2) is 21.4 Å². The van der Waals surface area contributed by atoms with Crippen molar-refractivity contribution in [1.82, 2.24) is 0 Å². The third-order valence-corrected chi connectivity index (χ3v) is 6.07. The summed E-state index contributed by atoms with van der Waals surface area (Å²) < 4.78 is 13.0. The van der Waals surface area contributed by atoms with Crippen LogP contribution in [-0.2, 0) is 6.42 Å². The van der Waals surface area contributed by atoms with E-state index in [0.29, 0.717) is 35.5 Å². The molecule has 31 heavy (non-hydrogen) atoms. The Hall–Kier alpha value is -2.57. The summed E-state index contributed by atoms with van der Waals surface area (Å²) in [5, 5.41) is 21.3. The van der Waals surface area contributed by atoms with Gasteiger partial charge in [0.2, 0.25) is 0 Å². The van der Waals surface area contributed by atoms with Gasteiger partial charge in [-0.2, -0.15) is 0 Å². The van der Waals surface area contributed by atoms with Crippen molar-refractivity contribution in [3.8, 4) is 22.8 Å². The third kappa shape index (κ3) is 4.14. The molecule has 1 aliphatic rings. The summed E-state index contributed by atoms with van der Waals surface area (Å²) in [4.78, 5) is 13.6. The van der Waals surface area contributed by atoms with Crippen molar-refractivity contribution in [2.75, 3.05) is 0 Å². The predicted molar refractivity (Wildman–Crippen MR) is 126 cm³/mol. The SMILES string of the molecule is CC(C)(O)CCc1c(-c2ccccc2Br)oc2cc3c(c(O)c2c1=O)C=CC(C)(C)O3. The molecule has 4 rings (SSSR count). The fourth-order valence-corrected chi connectivity index (χ4v) is 4.20. The molecule has 0 spiro atoms. The number of phenolic OH excluding ortho intramolecular Hbond substituents is 1. The summed E-state index contributed by atoms with van der Waals surface area (Å²) in [6.07, 6.45) is 4.27. The molecule has 1 aromatic heterocycles. The zero-order chi connectivity index (χ0) is 22.6. The number of aromatic hydroxyl groups is 1. The summed E-state index contributed by atoms with van der Waals surface area (Å²) in [6.45, 7) is 7.23. The second-order valence-corrected chi connectivity index (χ2v) is 9.93. The van der Waals surface area contributed by atoms with Crippen molar-refractivity contribution in [1.29, 1.82) is 0 Å². The first-order valence-corrected chi connectivity index (χ1v) is 11.0. The maximum absolute atomic E-state index is 13.6. The van der Waals surface area contributed by atoms with E-state index in [2.05, 4.69) is 15.9 Å².